The molecule has 90 valence electrons. The summed E-state index contributed by atoms with van der Waals surface area (Å²) in [5.41, 5.74) is 6.91. The molecule has 0 aliphatic heterocycles. The van der Waals surface area contributed by atoms with Gasteiger partial charge in [-0.25, -0.2) is 4.98 Å². The summed E-state index contributed by atoms with van der Waals surface area (Å²) in [6.07, 6.45) is 1.31. The maximum Gasteiger partial charge on any atom is 0.156 e. The summed E-state index contributed by atoms with van der Waals surface area (Å²) in [6, 6.07) is -0.352. The molecule has 0 bridgehead atoms. The van der Waals surface area contributed by atoms with E-state index in [0.717, 1.165) is 17.1 Å². The highest BCUT2D eigenvalue weighted by atomic mass is 32.1. The Morgan fingerprint density at radius 3 is 2.56 bits per heavy atom. The Kier molecular flexibility index (Phi) is 4.62. The Hall–Kier alpha value is -0.740. The van der Waals surface area contributed by atoms with Gasteiger partial charge in [0, 0.05) is 4.88 Å². The lowest BCUT2D eigenvalue weighted by molar-refractivity contribution is -0.120. The Bertz CT molecular complexity index is 354. The molecule has 2 N–H and O–H groups in total. The number of aryl methyl sites for hydroxylation is 2. The first-order valence-corrected chi connectivity index (χ1v) is 6.48. The third-order valence-corrected chi connectivity index (χ3v) is 4.10. The van der Waals surface area contributed by atoms with Crippen LogP contribution in [0.1, 0.15) is 35.8 Å². The number of nitrogens with zero attached hydrogens (tertiary/aromatic N) is 1. The van der Waals surface area contributed by atoms with Gasteiger partial charge < -0.3 is 5.73 Å². The molecular formula is C12H20N2OS. The molecule has 0 aliphatic rings. The molecule has 1 rings (SSSR count). The molecule has 0 amide bonds. The fraction of sp³-hybridized carbons (Fsp3) is 0.667. The van der Waals surface area contributed by atoms with E-state index in [-0.39, 0.29) is 17.7 Å². The van der Waals surface area contributed by atoms with E-state index in [4.69, 9.17) is 5.73 Å². The first kappa shape index (κ1) is 13.3. The Labute approximate surface area is 101 Å². The number of hydrogen-bond acceptors (Lipinski definition) is 4. The van der Waals surface area contributed by atoms with Gasteiger partial charge in [-0.2, -0.15) is 0 Å². The van der Waals surface area contributed by atoms with Crippen molar-refractivity contribution in [2.45, 2.75) is 46.6 Å². The van der Waals surface area contributed by atoms with Crippen LogP contribution < -0.4 is 5.73 Å². The molecule has 2 unspecified atom stereocenters. The Morgan fingerprint density at radius 1 is 1.50 bits per heavy atom. The lowest BCUT2D eigenvalue weighted by Gasteiger charge is -2.15. The van der Waals surface area contributed by atoms with Gasteiger partial charge in [-0.05, 0) is 19.8 Å². The number of Topliss-reactive ketones (excluding diaryl/α,β-unsaturated/α-hetero) is 1. The van der Waals surface area contributed by atoms with Gasteiger partial charge in [0.2, 0.25) is 0 Å². The minimum atomic E-state index is -0.352. The van der Waals surface area contributed by atoms with E-state index >= 15 is 0 Å². The van der Waals surface area contributed by atoms with Crippen molar-refractivity contribution in [3.05, 3.63) is 15.6 Å². The van der Waals surface area contributed by atoms with Crippen LogP contribution in [0.3, 0.4) is 0 Å². The Morgan fingerprint density at radius 2 is 2.12 bits per heavy atom. The largest absolute Gasteiger partial charge is 0.321 e. The molecule has 4 heteroatoms. The van der Waals surface area contributed by atoms with E-state index < -0.39 is 0 Å². The van der Waals surface area contributed by atoms with E-state index in [2.05, 4.69) is 11.9 Å². The van der Waals surface area contributed by atoms with Crippen LogP contribution in [0.4, 0.5) is 0 Å². The minimum absolute atomic E-state index is 0.100. The lowest BCUT2D eigenvalue weighted by Crippen LogP contribution is -2.37. The van der Waals surface area contributed by atoms with Crippen molar-refractivity contribution in [2.75, 3.05) is 0 Å². The molecule has 1 aromatic heterocycles. The Balaban J connectivity index is 2.64. The van der Waals surface area contributed by atoms with Crippen molar-refractivity contribution in [1.82, 2.24) is 4.98 Å². The summed E-state index contributed by atoms with van der Waals surface area (Å²) in [4.78, 5) is 17.4. The zero-order valence-electron chi connectivity index (χ0n) is 10.4. The van der Waals surface area contributed by atoms with E-state index in [1.807, 2.05) is 20.8 Å². The monoisotopic (exact) mass is 240 g/mol. The summed E-state index contributed by atoms with van der Waals surface area (Å²) in [6.45, 7) is 8.06. The van der Waals surface area contributed by atoms with Crippen molar-refractivity contribution >= 4 is 17.1 Å². The standard InChI is InChI=1S/C12H20N2OS/c1-5-7(2)12(13)10(15)6-11-14-8(3)9(4)16-11/h7,12H,5-6,13H2,1-4H3. The molecule has 3 nitrogen and oxygen atoms in total. The van der Waals surface area contributed by atoms with Crippen molar-refractivity contribution in [3.63, 3.8) is 0 Å². The van der Waals surface area contributed by atoms with E-state index in [1.165, 1.54) is 4.88 Å². The highest BCUT2D eigenvalue weighted by Crippen LogP contribution is 2.18. The summed E-state index contributed by atoms with van der Waals surface area (Å²) in [5.74, 6) is 0.345. The third-order valence-electron chi connectivity index (χ3n) is 3.03. The number of hydrogen-bond donors (Lipinski definition) is 1. The molecule has 0 aliphatic carbocycles. The number of ketones is 1. The summed E-state index contributed by atoms with van der Waals surface area (Å²) >= 11 is 1.59. The van der Waals surface area contributed by atoms with Gasteiger partial charge in [0.15, 0.2) is 5.78 Å². The molecule has 16 heavy (non-hydrogen) atoms. The van der Waals surface area contributed by atoms with E-state index in [9.17, 15) is 4.79 Å². The lowest BCUT2D eigenvalue weighted by atomic mass is 9.95. The smallest absolute Gasteiger partial charge is 0.156 e. The molecule has 0 saturated carbocycles. The second kappa shape index (κ2) is 5.55. The first-order chi connectivity index (χ1) is 7.45. The number of aromatic nitrogens is 1. The average Bonchev–Trinajstić information content (AvgIpc) is 2.55. The van der Waals surface area contributed by atoms with Gasteiger partial charge in [-0.1, -0.05) is 20.3 Å². The second-order valence-corrected chi connectivity index (χ2v) is 5.59. The van der Waals surface area contributed by atoms with Gasteiger partial charge in [-0.15, -0.1) is 11.3 Å². The zero-order chi connectivity index (χ0) is 12.3. The molecule has 2 atom stereocenters. The van der Waals surface area contributed by atoms with E-state index in [1.54, 1.807) is 11.3 Å². The number of nitrogens with two attached hydrogens (primary N) is 1. The molecule has 0 saturated heterocycles. The van der Waals surface area contributed by atoms with Crippen LogP contribution in [0.5, 0.6) is 0 Å². The van der Waals surface area contributed by atoms with Gasteiger partial charge in [0.25, 0.3) is 0 Å². The molecule has 0 aromatic carbocycles. The summed E-state index contributed by atoms with van der Waals surface area (Å²) < 4.78 is 0. The fourth-order valence-corrected chi connectivity index (χ4v) is 2.40. The van der Waals surface area contributed by atoms with Crippen LogP contribution in [-0.2, 0) is 11.2 Å². The number of rotatable bonds is 5. The third kappa shape index (κ3) is 3.12. The predicted molar refractivity (Wildman–Crippen MR) is 67.7 cm³/mol. The molecule has 1 heterocycles. The molecule has 0 spiro atoms. The average molecular weight is 240 g/mol. The number of carbonyl (C=O) groups excluding carboxylic acids is 1. The maximum absolute atomic E-state index is 11.9. The van der Waals surface area contributed by atoms with E-state index in [0.29, 0.717) is 6.42 Å². The van der Waals surface area contributed by atoms with Gasteiger partial charge >= 0.3 is 0 Å². The molecule has 0 radical (unpaired) electrons. The van der Waals surface area contributed by atoms with Gasteiger partial charge in [0.05, 0.1) is 18.2 Å². The maximum atomic E-state index is 11.9. The summed E-state index contributed by atoms with van der Waals surface area (Å²) in [5, 5.41) is 0.888. The fourth-order valence-electron chi connectivity index (χ4n) is 1.45. The van der Waals surface area contributed by atoms with Crippen LogP contribution in [0.15, 0.2) is 0 Å². The van der Waals surface area contributed by atoms with Crippen LogP contribution in [-0.4, -0.2) is 16.8 Å². The van der Waals surface area contributed by atoms with Gasteiger partial charge in [0.1, 0.15) is 5.01 Å². The van der Waals surface area contributed by atoms with Crippen molar-refractivity contribution in [1.29, 1.82) is 0 Å². The molecular weight excluding hydrogens is 220 g/mol. The molecule has 1 aromatic rings. The van der Waals surface area contributed by atoms with Crippen LogP contribution in [0, 0.1) is 19.8 Å². The number of thiazole rings is 1. The van der Waals surface area contributed by atoms with Crippen LogP contribution in [0.2, 0.25) is 0 Å². The minimum Gasteiger partial charge on any atom is -0.321 e. The normalized spacial score (nSPS) is 14.8. The van der Waals surface area contributed by atoms with Crippen LogP contribution in [0.25, 0.3) is 0 Å². The quantitative estimate of drug-likeness (QED) is 0.858. The highest BCUT2D eigenvalue weighted by Gasteiger charge is 2.20. The predicted octanol–water partition coefficient (Wildman–Crippen LogP) is 2.24. The topological polar surface area (TPSA) is 56.0 Å². The second-order valence-electron chi connectivity index (χ2n) is 4.30. The van der Waals surface area contributed by atoms with Crippen molar-refractivity contribution < 1.29 is 4.79 Å². The number of carbonyl (C=O) groups is 1. The first-order valence-electron chi connectivity index (χ1n) is 5.66. The zero-order valence-corrected chi connectivity index (χ0v) is 11.2. The summed E-state index contributed by atoms with van der Waals surface area (Å²) in [7, 11) is 0. The SMILES string of the molecule is CCC(C)C(N)C(=O)Cc1nc(C)c(C)s1. The van der Waals surface area contributed by atoms with Gasteiger partial charge in [-0.3, -0.25) is 4.79 Å². The van der Waals surface area contributed by atoms with Crippen molar-refractivity contribution in [2.24, 2.45) is 11.7 Å². The highest BCUT2D eigenvalue weighted by molar-refractivity contribution is 7.11. The van der Waals surface area contributed by atoms with Crippen LogP contribution >= 0.6 is 11.3 Å². The van der Waals surface area contributed by atoms with Crippen molar-refractivity contribution in [3.8, 4) is 0 Å². The molecule has 0 fully saturated rings.